The molecule has 39 heavy (non-hydrogen) atoms. The zero-order valence-electron chi connectivity index (χ0n) is 21.8. The molecule has 2 heterocycles. The molecule has 0 spiro atoms. The van der Waals surface area contributed by atoms with Crippen LogP contribution in [0.4, 0.5) is 21.5 Å². The molecule has 5 rings (SSSR count). The fraction of sp³-hybridized carbons (Fsp3) is 0.276. The number of hydrogen-bond acceptors (Lipinski definition) is 6. The van der Waals surface area contributed by atoms with E-state index in [-0.39, 0.29) is 11.3 Å². The Bertz CT molecular complexity index is 1500. The molecule has 1 aliphatic rings. The van der Waals surface area contributed by atoms with Gasteiger partial charge in [-0.15, -0.1) is 0 Å². The molecular formula is C29H30FN5O4. The average Bonchev–Trinajstić information content (AvgIpc) is 3.36. The van der Waals surface area contributed by atoms with Crippen molar-refractivity contribution in [2.24, 2.45) is 0 Å². The highest BCUT2D eigenvalue weighted by molar-refractivity contribution is 6.04. The average molecular weight is 532 g/mol. The van der Waals surface area contributed by atoms with Crippen LogP contribution in [0, 0.1) is 15.9 Å². The van der Waals surface area contributed by atoms with Crippen molar-refractivity contribution in [3.63, 3.8) is 0 Å². The third-order valence-corrected chi connectivity index (χ3v) is 7.08. The van der Waals surface area contributed by atoms with Gasteiger partial charge in [0.15, 0.2) is 5.82 Å². The van der Waals surface area contributed by atoms with E-state index in [1.165, 1.54) is 12.1 Å². The van der Waals surface area contributed by atoms with Gasteiger partial charge in [0.25, 0.3) is 5.91 Å². The Hall–Kier alpha value is -4.44. The van der Waals surface area contributed by atoms with Crippen LogP contribution in [0.15, 0.2) is 66.9 Å². The maximum Gasteiger partial charge on any atom is 0.255 e. The molecule has 0 bridgehead atoms. The first kappa shape index (κ1) is 26.2. The summed E-state index contributed by atoms with van der Waals surface area (Å²) in [6.45, 7) is 2.39. The number of H-pyrrole nitrogens is 1. The predicted octanol–water partition coefficient (Wildman–Crippen LogP) is 4.87. The van der Waals surface area contributed by atoms with Crippen LogP contribution in [-0.2, 0) is 4.74 Å². The largest absolute Gasteiger partial charge is 0.378 e. The van der Waals surface area contributed by atoms with E-state index in [0.717, 1.165) is 35.4 Å². The van der Waals surface area contributed by atoms with Gasteiger partial charge in [0.05, 0.1) is 24.8 Å². The second-order valence-corrected chi connectivity index (χ2v) is 9.75. The molecule has 0 radical (unpaired) electrons. The second kappa shape index (κ2) is 11.1. The van der Waals surface area contributed by atoms with Crippen molar-refractivity contribution < 1.29 is 18.8 Å². The molecule has 1 amide bonds. The van der Waals surface area contributed by atoms with Crippen LogP contribution in [-0.4, -0.2) is 62.8 Å². The molecule has 1 fully saturated rings. The number of ether oxygens (including phenoxy) is 1. The summed E-state index contributed by atoms with van der Waals surface area (Å²) in [5, 5.41) is 15.1. The van der Waals surface area contributed by atoms with Gasteiger partial charge in [0.1, 0.15) is 0 Å². The summed E-state index contributed by atoms with van der Waals surface area (Å²) in [5.74, 6) is -2.02. The van der Waals surface area contributed by atoms with Gasteiger partial charge < -0.3 is 24.8 Å². The Morgan fingerprint density at radius 2 is 1.87 bits per heavy atom. The molecule has 1 saturated heterocycles. The molecule has 1 aromatic heterocycles. The van der Waals surface area contributed by atoms with Gasteiger partial charge >= 0.3 is 0 Å². The van der Waals surface area contributed by atoms with Crippen LogP contribution in [0.5, 0.6) is 0 Å². The number of halogens is 1. The lowest BCUT2D eigenvalue weighted by molar-refractivity contribution is -0.481. The van der Waals surface area contributed by atoms with Crippen molar-refractivity contribution in [1.82, 2.24) is 4.98 Å². The van der Waals surface area contributed by atoms with Crippen molar-refractivity contribution in [3.8, 4) is 0 Å². The van der Waals surface area contributed by atoms with Crippen LogP contribution in [0.1, 0.15) is 27.4 Å². The minimum absolute atomic E-state index is 0.0306. The fourth-order valence-electron chi connectivity index (χ4n) is 4.98. The summed E-state index contributed by atoms with van der Waals surface area (Å²) in [6, 6.07) is 17.4. The smallest absolute Gasteiger partial charge is 0.255 e. The zero-order valence-corrected chi connectivity index (χ0v) is 21.8. The molecule has 202 valence electrons. The molecular weight excluding hydrogens is 501 g/mol. The molecule has 3 aromatic carbocycles. The predicted molar refractivity (Wildman–Crippen MR) is 150 cm³/mol. The maximum atomic E-state index is 15.8. The molecule has 9 nitrogen and oxygen atoms in total. The van der Waals surface area contributed by atoms with Crippen LogP contribution in [0.2, 0.25) is 0 Å². The Balaban J connectivity index is 1.45. The summed E-state index contributed by atoms with van der Waals surface area (Å²) < 4.78 is 21.3. The number of fused-ring (bicyclic) bond motifs is 1. The van der Waals surface area contributed by atoms with Gasteiger partial charge in [-0.1, -0.05) is 18.2 Å². The van der Waals surface area contributed by atoms with E-state index in [9.17, 15) is 14.9 Å². The van der Waals surface area contributed by atoms with Gasteiger partial charge in [0.2, 0.25) is 6.54 Å². The van der Waals surface area contributed by atoms with E-state index in [1.54, 1.807) is 36.5 Å². The number of nitrogens with zero attached hydrogens (tertiary/aromatic N) is 3. The molecule has 4 aromatic rings. The Kier molecular flexibility index (Phi) is 7.47. The SMILES string of the molecule is CN(C)c1ccc(C(=O)Nc2cccc(C(C[N+](=O)[O-])c3c[nH]c4cc(N5CCOCC5)ccc34)c2F)cc1. The first-order valence-electron chi connectivity index (χ1n) is 12.7. The van der Waals surface area contributed by atoms with Crippen LogP contribution >= 0.6 is 0 Å². The van der Waals surface area contributed by atoms with Crippen molar-refractivity contribution in [3.05, 3.63) is 99.5 Å². The summed E-state index contributed by atoms with van der Waals surface area (Å²) in [6.07, 6.45) is 1.71. The minimum atomic E-state index is -0.862. The fourth-order valence-corrected chi connectivity index (χ4v) is 4.98. The number of anilines is 3. The monoisotopic (exact) mass is 531 g/mol. The molecule has 0 saturated carbocycles. The Morgan fingerprint density at radius 1 is 1.13 bits per heavy atom. The first-order chi connectivity index (χ1) is 18.8. The number of morpholine rings is 1. The van der Waals surface area contributed by atoms with E-state index >= 15 is 4.39 Å². The highest BCUT2D eigenvalue weighted by Crippen LogP contribution is 2.36. The highest BCUT2D eigenvalue weighted by atomic mass is 19.1. The summed E-state index contributed by atoms with van der Waals surface area (Å²) in [5.41, 5.74) is 3.88. The quantitative estimate of drug-likeness (QED) is 0.248. The summed E-state index contributed by atoms with van der Waals surface area (Å²) >= 11 is 0. The second-order valence-electron chi connectivity index (χ2n) is 9.75. The highest BCUT2D eigenvalue weighted by Gasteiger charge is 2.28. The molecule has 1 atom stereocenters. The normalized spacial score (nSPS) is 14.3. The van der Waals surface area contributed by atoms with Gasteiger partial charge in [-0.3, -0.25) is 14.9 Å². The van der Waals surface area contributed by atoms with Crippen molar-refractivity contribution in [2.45, 2.75) is 5.92 Å². The number of carbonyl (C=O) groups is 1. The third kappa shape index (κ3) is 5.56. The number of aromatic amines is 1. The molecule has 2 N–H and O–H groups in total. The van der Waals surface area contributed by atoms with Crippen molar-refractivity contribution >= 4 is 33.9 Å². The molecule has 1 aliphatic heterocycles. The summed E-state index contributed by atoms with van der Waals surface area (Å²) in [7, 11) is 3.79. The lowest BCUT2D eigenvalue weighted by Gasteiger charge is -2.28. The van der Waals surface area contributed by atoms with E-state index in [0.29, 0.717) is 24.3 Å². The minimum Gasteiger partial charge on any atom is -0.378 e. The maximum absolute atomic E-state index is 15.8. The standard InChI is InChI=1S/C29H30FN5O4/c1-33(2)20-8-6-19(7-9-20)29(36)32-26-5-3-4-23(28(26)30)25(18-35(37)38)24-17-31-27-16-21(10-11-22(24)27)34-12-14-39-15-13-34/h3-11,16-17,25,31H,12-15,18H2,1-2H3,(H,32,36). The van der Waals surface area contributed by atoms with E-state index in [2.05, 4.69) is 15.2 Å². The first-order valence-corrected chi connectivity index (χ1v) is 12.7. The van der Waals surface area contributed by atoms with E-state index in [1.807, 2.05) is 37.2 Å². The third-order valence-electron chi connectivity index (χ3n) is 7.08. The number of benzene rings is 3. The zero-order chi connectivity index (χ0) is 27.5. The van der Waals surface area contributed by atoms with Gasteiger partial charge in [-0.25, -0.2) is 4.39 Å². The van der Waals surface area contributed by atoms with Gasteiger partial charge in [-0.05, 0) is 48.0 Å². The number of hydrogen-bond donors (Lipinski definition) is 2. The number of rotatable bonds is 8. The molecule has 1 unspecified atom stereocenters. The van der Waals surface area contributed by atoms with E-state index in [4.69, 9.17) is 4.74 Å². The number of aromatic nitrogens is 1. The van der Waals surface area contributed by atoms with Crippen molar-refractivity contribution in [1.29, 1.82) is 0 Å². The van der Waals surface area contributed by atoms with Crippen LogP contribution in [0.25, 0.3) is 10.9 Å². The number of amides is 1. The number of nitrogens with one attached hydrogen (secondary N) is 2. The molecule has 0 aliphatic carbocycles. The Labute approximate surface area is 225 Å². The van der Waals surface area contributed by atoms with Gasteiger partial charge in [0, 0.05) is 71.7 Å². The number of carbonyl (C=O) groups excluding carboxylic acids is 1. The van der Waals surface area contributed by atoms with Crippen molar-refractivity contribution in [2.75, 3.05) is 62.1 Å². The van der Waals surface area contributed by atoms with Crippen LogP contribution in [0.3, 0.4) is 0 Å². The Morgan fingerprint density at radius 3 is 2.56 bits per heavy atom. The molecule has 10 heteroatoms. The topological polar surface area (TPSA) is 104 Å². The van der Waals surface area contributed by atoms with E-state index < -0.39 is 29.1 Å². The summed E-state index contributed by atoms with van der Waals surface area (Å²) in [4.78, 5) is 31.5. The lowest BCUT2D eigenvalue weighted by atomic mass is 9.90. The number of nitro groups is 1. The van der Waals surface area contributed by atoms with Crippen LogP contribution < -0.4 is 15.1 Å². The van der Waals surface area contributed by atoms with Gasteiger partial charge in [-0.2, -0.15) is 0 Å². The lowest BCUT2D eigenvalue weighted by Crippen LogP contribution is -2.36.